The highest BCUT2D eigenvalue weighted by Crippen LogP contribution is 2.08. The molecule has 0 spiro atoms. The van der Waals surface area contributed by atoms with Crippen molar-refractivity contribution in [2.45, 2.75) is 82.7 Å². The molecular formula is C32H53N3O8. The predicted octanol–water partition coefficient (Wildman–Crippen LogP) is 3.07. The number of esters is 2. The zero-order valence-corrected chi connectivity index (χ0v) is 25.7. The minimum Gasteiger partial charge on any atom is -0.463 e. The summed E-state index contributed by atoms with van der Waals surface area (Å²) in [5.41, 5.74) is 5.21. The number of aliphatic hydroxyl groups is 4. The maximum atomic E-state index is 11.9. The predicted molar refractivity (Wildman–Crippen MR) is 170 cm³/mol. The first kappa shape index (κ1) is 41.6. The molecule has 7 N–H and O–H groups in total. The Balaban J connectivity index is 0. The molecule has 0 saturated carbocycles. The molecule has 0 fully saturated rings. The number of rotatable bonds is 22. The number of aliphatic hydroxyl groups excluding tert-OH is 4. The Labute approximate surface area is 256 Å². The lowest BCUT2D eigenvalue weighted by Crippen LogP contribution is -2.48. The van der Waals surface area contributed by atoms with Crippen molar-refractivity contribution in [3.05, 3.63) is 73.9 Å². The molecule has 4 atom stereocenters. The Morgan fingerprint density at radius 3 is 1.58 bits per heavy atom. The molecule has 0 aliphatic rings. The van der Waals surface area contributed by atoms with Crippen LogP contribution < -0.4 is 5.73 Å². The quantitative estimate of drug-likeness (QED) is 0.0351. The third kappa shape index (κ3) is 24.8. The van der Waals surface area contributed by atoms with Crippen molar-refractivity contribution in [2.24, 2.45) is 5.73 Å². The van der Waals surface area contributed by atoms with E-state index in [1.165, 1.54) is 7.05 Å². The van der Waals surface area contributed by atoms with E-state index in [4.69, 9.17) is 20.6 Å². The van der Waals surface area contributed by atoms with Crippen LogP contribution in [-0.4, -0.2) is 94.4 Å². The second-order valence-electron chi connectivity index (χ2n) is 9.32. The van der Waals surface area contributed by atoms with Gasteiger partial charge < -0.3 is 40.5 Å². The number of nitrogens with one attached hydrogen (secondary N) is 1. The minimum absolute atomic E-state index is 0.118. The molecule has 0 radical (unpaired) electrons. The number of carbonyl (C=O) groups excluding carboxylic acids is 2. The zero-order chi connectivity index (χ0) is 32.9. The molecule has 0 rings (SSSR count). The van der Waals surface area contributed by atoms with Gasteiger partial charge in [-0.1, -0.05) is 67.7 Å². The van der Waals surface area contributed by atoms with Crippen molar-refractivity contribution >= 4 is 17.9 Å². The third-order valence-corrected chi connectivity index (χ3v) is 5.66. The smallest absolute Gasteiger partial charge is 0.325 e. The first-order valence-corrected chi connectivity index (χ1v) is 14.4. The maximum absolute atomic E-state index is 11.9. The van der Waals surface area contributed by atoms with Crippen LogP contribution in [0.25, 0.3) is 0 Å². The number of carbonyl (C=O) groups is 2. The summed E-state index contributed by atoms with van der Waals surface area (Å²) in [5, 5.41) is 47.1. The van der Waals surface area contributed by atoms with Gasteiger partial charge in [-0.2, -0.15) is 0 Å². The maximum Gasteiger partial charge on any atom is 0.325 e. The summed E-state index contributed by atoms with van der Waals surface area (Å²) >= 11 is 0. The second-order valence-corrected chi connectivity index (χ2v) is 9.32. The Morgan fingerprint density at radius 2 is 1.16 bits per heavy atom. The van der Waals surface area contributed by atoms with Crippen molar-refractivity contribution in [2.75, 3.05) is 26.8 Å². The van der Waals surface area contributed by atoms with E-state index in [1.807, 2.05) is 12.2 Å². The van der Waals surface area contributed by atoms with Crippen molar-refractivity contribution in [3.63, 3.8) is 0 Å². The lowest BCUT2D eigenvalue weighted by atomic mass is 10.0. The molecule has 0 amide bonds. The zero-order valence-electron chi connectivity index (χ0n) is 25.7. The first-order chi connectivity index (χ1) is 20.6. The van der Waals surface area contributed by atoms with Crippen LogP contribution in [0.2, 0.25) is 0 Å². The number of nitrogens with two attached hydrogens (primary N) is 1. The molecule has 43 heavy (non-hydrogen) atoms. The van der Waals surface area contributed by atoms with E-state index in [0.717, 1.165) is 37.0 Å². The average Bonchev–Trinajstić information content (AvgIpc) is 3.00. The number of allylic oxidation sites excluding steroid dienone is 10. The summed E-state index contributed by atoms with van der Waals surface area (Å²) in [6, 6.07) is 0. The fourth-order valence-corrected chi connectivity index (χ4v) is 3.14. The lowest BCUT2D eigenvalue weighted by Gasteiger charge is -2.26. The van der Waals surface area contributed by atoms with Crippen LogP contribution in [-0.2, 0) is 19.1 Å². The molecule has 11 heteroatoms. The highest BCUT2D eigenvalue weighted by atomic mass is 16.6. The number of hydrogen-bond acceptors (Lipinski definition) is 9. The molecule has 0 heterocycles. The minimum atomic E-state index is -1.86. The molecule has 0 aliphatic carbocycles. The Morgan fingerprint density at radius 1 is 0.767 bits per heavy atom. The first-order valence-electron chi connectivity index (χ1n) is 14.4. The average molecular weight is 608 g/mol. The van der Waals surface area contributed by atoms with Crippen LogP contribution in [0.4, 0.5) is 0 Å². The van der Waals surface area contributed by atoms with Gasteiger partial charge >= 0.3 is 11.9 Å². The lowest BCUT2D eigenvalue weighted by molar-refractivity contribution is -0.162. The van der Waals surface area contributed by atoms with Crippen molar-refractivity contribution in [3.8, 4) is 0 Å². The standard InChI is InChI=1S/C30H49N3O8.C2H4/c1-3-4-5-6-7-8-9-10-11-12-13-14-15-16-17-18-19-20-26(36)40-22-24(34)28(38)29(39)25(35)23-41-27(37)21-33(2)30(31)32;1-2/h4-5,7-8,10-11,13-14,16-17,24-25,28-29,34-35,38-39H,3,6,9,12,15,18-23H2,1-2H3,(H3,31,32);1-2H2/b5-4-,8-7-,11-10-,14-13-,17-16-;/t24-,25-,28-,29-;/m1./s1. The van der Waals surface area contributed by atoms with Gasteiger partial charge in [0.1, 0.15) is 44.2 Å². The van der Waals surface area contributed by atoms with E-state index in [9.17, 15) is 30.0 Å². The van der Waals surface area contributed by atoms with Gasteiger partial charge in [0.2, 0.25) is 0 Å². The molecule has 0 saturated heterocycles. The van der Waals surface area contributed by atoms with E-state index in [0.29, 0.717) is 12.8 Å². The van der Waals surface area contributed by atoms with Crippen LogP contribution in [0.5, 0.6) is 0 Å². The summed E-state index contributed by atoms with van der Waals surface area (Å²) < 4.78 is 9.70. The summed E-state index contributed by atoms with van der Waals surface area (Å²) in [4.78, 5) is 24.6. The van der Waals surface area contributed by atoms with Gasteiger partial charge in [-0.05, 0) is 44.9 Å². The van der Waals surface area contributed by atoms with Gasteiger partial charge in [-0.15, -0.1) is 13.2 Å². The SMILES string of the molecule is C=C.CC/C=C\C/C=C\C/C=C\C/C=C\C/C=C\CCCC(=O)OC[C@@H](O)[C@@H](O)[C@H](O)[C@H](O)COC(=O)CN(C)C(=N)N. The number of unbranched alkanes of at least 4 members (excludes halogenated alkanes) is 1. The fourth-order valence-electron chi connectivity index (χ4n) is 3.14. The van der Waals surface area contributed by atoms with Crippen LogP contribution in [0, 0.1) is 5.41 Å². The number of nitrogens with zero attached hydrogens (tertiary/aromatic N) is 1. The van der Waals surface area contributed by atoms with E-state index in [-0.39, 0.29) is 18.9 Å². The van der Waals surface area contributed by atoms with Gasteiger partial charge in [-0.3, -0.25) is 15.0 Å². The van der Waals surface area contributed by atoms with Gasteiger partial charge in [0, 0.05) is 13.5 Å². The topological polar surface area (TPSA) is 187 Å². The molecule has 0 aromatic rings. The van der Waals surface area contributed by atoms with E-state index < -0.39 is 49.6 Å². The van der Waals surface area contributed by atoms with E-state index in [2.05, 4.69) is 68.7 Å². The van der Waals surface area contributed by atoms with Gasteiger partial charge in [-0.25, -0.2) is 0 Å². The van der Waals surface area contributed by atoms with Crippen molar-refractivity contribution in [1.29, 1.82) is 5.41 Å². The monoisotopic (exact) mass is 607 g/mol. The van der Waals surface area contributed by atoms with E-state index in [1.54, 1.807) is 0 Å². The van der Waals surface area contributed by atoms with Crippen LogP contribution in [0.3, 0.4) is 0 Å². The molecule has 244 valence electrons. The summed E-state index contributed by atoms with van der Waals surface area (Å²) in [6.07, 6.45) is 20.0. The molecule has 0 aliphatic heterocycles. The van der Waals surface area contributed by atoms with Crippen LogP contribution >= 0.6 is 0 Å². The van der Waals surface area contributed by atoms with Crippen molar-refractivity contribution < 1.29 is 39.5 Å². The van der Waals surface area contributed by atoms with Gasteiger partial charge in [0.05, 0.1) is 0 Å². The summed E-state index contributed by atoms with van der Waals surface area (Å²) in [7, 11) is 1.39. The van der Waals surface area contributed by atoms with E-state index >= 15 is 0 Å². The Kier molecular flexibility index (Phi) is 27.7. The number of guanidine groups is 1. The molecule has 0 aromatic heterocycles. The second kappa shape index (κ2) is 28.6. The summed E-state index contributed by atoms with van der Waals surface area (Å²) in [5.74, 6) is -1.74. The third-order valence-electron chi connectivity index (χ3n) is 5.66. The molecular weight excluding hydrogens is 554 g/mol. The summed E-state index contributed by atoms with van der Waals surface area (Å²) in [6.45, 7) is 6.54. The van der Waals surface area contributed by atoms with Crippen molar-refractivity contribution in [1.82, 2.24) is 4.90 Å². The highest BCUT2D eigenvalue weighted by Gasteiger charge is 2.32. The molecule has 0 bridgehead atoms. The fraction of sp³-hybridized carbons (Fsp3) is 0.531. The Bertz CT molecular complexity index is 901. The Hall–Kier alpha value is -3.51. The normalized spacial score (nSPS) is 14.6. The van der Waals surface area contributed by atoms with Crippen LogP contribution in [0.15, 0.2) is 73.9 Å². The van der Waals surface area contributed by atoms with Gasteiger partial charge in [0.25, 0.3) is 0 Å². The molecule has 0 unspecified atom stereocenters. The number of ether oxygens (including phenoxy) is 2. The van der Waals surface area contributed by atoms with Crippen LogP contribution in [0.1, 0.15) is 58.3 Å². The highest BCUT2D eigenvalue weighted by molar-refractivity contribution is 5.80. The van der Waals surface area contributed by atoms with Gasteiger partial charge in [0.15, 0.2) is 5.96 Å². The molecule has 11 nitrogen and oxygen atoms in total. The largest absolute Gasteiger partial charge is 0.463 e. The molecule has 0 aromatic carbocycles. The number of hydrogen-bond donors (Lipinski definition) is 6. The number of likely N-dealkylation sites (N-methyl/N-ethyl adjacent to an activating group) is 1.